The molecule has 0 spiro atoms. The summed E-state index contributed by atoms with van der Waals surface area (Å²) < 4.78 is 5.86. The number of thiocarbonyl (C=S) groups is 1. The van der Waals surface area contributed by atoms with Crippen LogP contribution in [-0.2, 0) is 6.42 Å². The SMILES string of the molecule is CCc1ccc(C2NC(=S)N(c3cc(C)cc(C)c3)C(C)=C2c2nc(-c3ccccc3)no2)cc1. The fourth-order valence-corrected chi connectivity index (χ4v) is 5.00. The maximum absolute atomic E-state index is 5.90. The summed E-state index contributed by atoms with van der Waals surface area (Å²) >= 11 is 5.90. The molecule has 0 saturated heterocycles. The van der Waals surface area contributed by atoms with Crippen molar-refractivity contribution in [3.05, 3.63) is 107 Å². The van der Waals surface area contributed by atoms with E-state index in [0.29, 0.717) is 16.8 Å². The van der Waals surface area contributed by atoms with E-state index in [0.717, 1.165) is 34.5 Å². The van der Waals surface area contributed by atoms with Gasteiger partial charge in [-0.25, -0.2) is 0 Å². The number of anilines is 1. The van der Waals surface area contributed by atoms with Crippen LogP contribution in [0.4, 0.5) is 5.69 Å². The smallest absolute Gasteiger partial charge is 0.258 e. The van der Waals surface area contributed by atoms with Gasteiger partial charge in [-0.2, -0.15) is 4.98 Å². The van der Waals surface area contributed by atoms with E-state index in [-0.39, 0.29) is 6.04 Å². The number of aromatic nitrogens is 2. The van der Waals surface area contributed by atoms with Gasteiger partial charge in [-0.3, -0.25) is 4.90 Å². The van der Waals surface area contributed by atoms with E-state index in [1.54, 1.807) is 0 Å². The number of benzene rings is 3. The first-order chi connectivity index (χ1) is 16.9. The summed E-state index contributed by atoms with van der Waals surface area (Å²) in [6, 6.07) is 24.7. The Kier molecular flexibility index (Phi) is 6.22. The minimum Gasteiger partial charge on any atom is -0.351 e. The van der Waals surface area contributed by atoms with Crippen LogP contribution in [-0.4, -0.2) is 15.3 Å². The van der Waals surface area contributed by atoms with E-state index in [4.69, 9.17) is 21.7 Å². The molecule has 1 aliphatic rings. The molecule has 0 aliphatic carbocycles. The molecule has 1 aliphatic heterocycles. The normalized spacial score (nSPS) is 15.9. The summed E-state index contributed by atoms with van der Waals surface area (Å²) in [6.07, 6.45) is 0.989. The lowest BCUT2D eigenvalue weighted by atomic mass is 9.93. The van der Waals surface area contributed by atoms with Gasteiger partial charge in [-0.1, -0.05) is 72.7 Å². The van der Waals surface area contributed by atoms with E-state index in [1.165, 1.54) is 16.7 Å². The second-order valence-electron chi connectivity index (χ2n) is 8.95. The lowest BCUT2D eigenvalue weighted by Crippen LogP contribution is -2.46. The lowest BCUT2D eigenvalue weighted by molar-refractivity contribution is 0.404. The average Bonchev–Trinajstić information content (AvgIpc) is 3.33. The molecule has 6 heteroatoms. The van der Waals surface area contributed by atoms with Gasteiger partial charge < -0.3 is 9.84 Å². The van der Waals surface area contributed by atoms with Crippen molar-refractivity contribution in [2.45, 2.75) is 40.2 Å². The number of nitrogens with one attached hydrogen (secondary N) is 1. The summed E-state index contributed by atoms with van der Waals surface area (Å²) in [6.45, 7) is 8.42. The molecule has 0 saturated carbocycles. The molecule has 1 unspecified atom stereocenters. The molecule has 0 radical (unpaired) electrons. The van der Waals surface area contributed by atoms with Crippen LogP contribution in [0.1, 0.15) is 48.0 Å². The third-order valence-electron chi connectivity index (χ3n) is 6.36. The Labute approximate surface area is 211 Å². The molecule has 0 fully saturated rings. The van der Waals surface area contributed by atoms with Gasteiger partial charge in [-0.15, -0.1) is 0 Å². The van der Waals surface area contributed by atoms with Crippen LogP contribution >= 0.6 is 12.2 Å². The Morgan fingerprint density at radius 1 is 0.943 bits per heavy atom. The van der Waals surface area contributed by atoms with Gasteiger partial charge in [0.2, 0.25) is 5.82 Å². The molecule has 35 heavy (non-hydrogen) atoms. The Hall–Kier alpha value is -3.77. The fourth-order valence-electron chi connectivity index (χ4n) is 4.64. The average molecular weight is 481 g/mol. The number of allylic oxidation sites excluding steroid dienone is 1. The number of rotatable bonds is 5. The molecule has 5 rings (SSSR count). The summed E-state index contributed by atoms with van der Waals surface area (Å²) in [5.41, 5.74) is 8.54. The van der Waals surface area contributed by atoms with Crippen LogP contribution in [0.2, 0.25) is 0 Å². The molecule has 1 atom stereocenters. The van der Waals surface area contributed by atoms with E-state index >= 15 is 0 Å². The molecular formula is C29H28N4OS. The molecule has 0 amide bonds. The topological polar surface area (TPSA) is 54.2 Å². The minimum atomic E-state index is -0.209. The van der Waals surface area contributed by atoms with E-state index < -0.39 is 0 Å². The zero-order valence-corrected chi connectivity index (χ0v) is 21.2. The van der Waals surface area contributed by atoms with Crippen LogP contribution < -0.4 is 10.2 Å². The first kappa shape index (κ1) is 23.0. The molecule has 176 valence electrons. The third-order valence-corrected chi connectivity index (χ3v) is 6.66. The Balaban J connectivity index is 1.66. The van der Waals surface area contributed by atoms with Crippen LogP contribution in [0, 0.1) is 13.8 Å². The second kappa shape index (κ2) is 9.47. The zero-order chi connectivity index (χ0) is 24.5. The summed E-state index contributed by atoms with van der Waals surface area (Å²) in [5, 5.41) is 8.50. The maximum Gasteiger partial charge on any atom is 0.258 e. The lowest BCUT2D eigenvalue weighted by Gasteiger charge is -2.37. The Morgan fingerprint density at radius 2 is 1.63 bits per heavy atom. The van der Waals surface area contributed by atoms with Gasteiger partial charge >= 0.3 is 0 Å². The highest BCUT2D eigenvalue weighted by molar-refractivity contribution is 7.80. The molecule has 0 bridgehead atoms. The number of nitrogens with zero attached hydrogens (tertiary/aromatic N) is 3. The highest BCUT2D eigenvalue weighted by Crippen LogP contribution is 2.39. The quantitative estimate of drug-likeness (QED) is 0.318. The predicted octanol–water partition coefficient (Wildman–Crippen LogP) is 6.78. The van der Waals surface area contributed by atoms with Crippen molar-refractivity contribution in [3.63, 3.8) is 0 Å². The highest BCUT2D eigenvalue weighted by atomic mass is 32.1. The summed E-state index contributed by atoms with van der Waals surface area (Å²) in [4.78, 5) is 6.87. The second-order valence-corrected chi connectivity index (χ2v) is 9.33. The van der Waals surface area contributed by atoms with Gasteiger partial charge in [0.25, 0.3) is 5.89 Å². The summed E-state index contributed by atoms with van der Waals surface area (Å²) in [7, 11) is 0. The van der Waals surface area contributed by atoms with E-state index in [9.17, 15) is 0 Å². The molecule has 1 aromatic heterocycles. The molecule has 4 aromatic rings. The van der Waals surface area contributed by atoms with Crippen molar-refractivity contribution in [2.24, 2.45) is 0 Å². The molecular weight excluding hydrogens is 452 g/mol. The number of aryl methyl sites for hydroxylation is 3. The van der Waals surface area contributed by atoms with Gasteiger partial charge in [0.1, 0.15) is 0 Å². The van der Waals surface area contributed by atoms with Crippen molar-refractivity contribution in [1.29, 1.82) is 0 Å². The molecule has 5 nitrogen and oxygen atoms in total. The number of hydrogen-bond donors (Lipinski definition) is 1. The Morgan fingerprint density at radius 3 is 2.29 bits per heavy atom. The van der Waals surface area contributed by atoms with Crippen molar-refractivity contribution in [1.82, 2.24) is 15.5 Å². The first-order valence-corrected chi connectivity index (χ1v) is 12.2. The molecule has 3 aromatic carbocycles. The van der Waals surface area contributed by atoms with Crippen molar-refractivity contribution in [2.75, 3.05) is 4.90 Å². The van der Waals surface area contributed by atoms with Gasteiger partial charge in [0.05, 0.1) is 11.6 Å². The Bertz CT molecular complexity index is 1390. The monoisotopic (exact) mass is 480 g/mol. The van der Waals surface area contributed by atoms with Gasteiger partial charge in [0, 0.05) is 16.9 Å². The zero-order valence-electron chi connectivity index (χ0n) is 20.4. The van der Waals surface area contributed by atoms with Gasteiger partial charge in [0.15, 0.2) is 5.11 Å². The highest BCUT2D eigenvalue weighted by Gasteiger charge is 2.35. The van der Waals surface area contributed by atoms with Crippen LogP contribution in [0.25, 0.3) is 17.0 Å². The molecule has 1 N–H and O–H groups in total. The largest absolute Gasteiger partial charge is 0.351 e. The third kappa shape index (κ3) is 4.49. The van der Waals surface area contributed by atoms with Crippen molar-refractivity contribution in [3.8, 4) is 11.4 Å². The van der Waals surface area contributed by atoms with Gasteiger partial charge in [-0.05, 0) is 73.8 Å². The van der Waals surface area contributed by atoms with E-state index in [2.05, 4.69) is 85.5 Å². The van der Waals surface area contributed by atoms with Crippen LogP contribution in [0.5, 0.6) is 0 Å². The van der Waals surface area contributed by atoms with Crippen molar-refractivity contribution >= 4 is 28.6 Å². The standard InChI is InChI=1S/C29H28N4OS/c1-5-21-11-13-22(14-12-21)26-25(28-31-27(32-34-28)23-9-7-6-8-10-23)20(4)33(29(35)30-26)24-16-18(2)15-19(3)17-24/h6-17,26H,5H2,1-4H3,(H,30,35). The fraction of sp³-hybridized carbons (Fsp3) is 0.207. The first-order valence-electron chi connectivity index (χ1n) is 11.8. The maximum atomic E-state index is 5.90. The van der Waals surface area contributed by atoms with Crippen LogP contribution in [0.3, 0.4) is 0 Å². The minimum absolute atomic E-state index is 0.209. The predicted molar refractivity (Wildman–Crippen MR) is 145 cm³/mol. The number of hydrogen-bond acceptors (Lipinski definition) is 4. The summed E-state index contributed by atoms with van der Waals surface area (Å²) in [5.74, 6) is 1.04. The van der Waals surface area contributed by atoms with Crippen molar-refractivity contribution < 1.29 is 4.52 Å². The van der Waals surface area contributed by atoms with E-state index in [1.807, 2.05) is 30.3 Å². The van der Waals surface area contributed by atoms with Crippen LogP contribution in [0.15, 0.2) is 83.0 Å². The molecule has 2 heterocycles.